The zero-order valence-corrected chi connectivity index (χ0v) is 14.3. The lowest BCUT2D eigenvalue weighted by atomic mass is 9.79. The number of rotatable bonds is 2. The van der Waals surface area contributed by atoms with Crippen molar-refractivity contribution in [3.8, 4) is 0 Å². The van der Waals surface area contributed by atoms with E-state index in [1.807, 2.05) is 11.6 Å². The van der Waals surface area contributed by atoms with E-state index in [2.05, 4.69) is 39.0 Å². The maximum absolute atomic E-state index is 9.65. The van der Waals surface area contributed by atoms with Crippen LogP contribution in [0.2, 0.25) is 0 Å². The maximum Gasteiger partial charge on any atom is 0.498 e. The molecule has 0 radical (unpaired) electrons. The van der Waals surface area contributed by atoms with Gasteiger partial charge in [0.1, 0.15) is 0 Å². The molecule has 0 atom stereocenters. The zero-order valence-electron chi connectivity index (χ0n) is 14.3. The van der Waals surface area contributed by atoms with Gasteiger partial charge in [0.15, 0.2) is 0 Å². The van der Waals surface area contributed by atoms with Crippen LogP contribution >= 0.6 is 0 Å². The smallest absolute Gasteiger partial charge is 0.399 e. The SMILES string of the molecule is Cc1nn([C@H]2CC[C@H](O)CC2)cc1B1OC(C)(C)C(C)(C)O1. The minimum absolute atomic E-state index is 0.143. The number of aryl methyl sites for hydroxylation is 1. The minimum Gasteiger partial charge on any atom is -0.399 e. The number of hydrogen-bond acceptors (Lipinski definition) is 4. The van der Waals surface area contributed by atoms with E-state index < -0.39 is 0 Å². The predicted octanol–water partition coefficient (Wildman–Crippen LogP) is 1.97. The Kier molecular flexibility index (Phi) is 3.90. The second-order valence-corrected chi connectivity index (χ2v) is 7.70. The van der Waals surface area contributed by atoms with Crippen molar-refractivity contribution < 1.29 is 14.4 Å². The fourth-order valence-electron chi connectivity index (χ4n) is 3.21. The van der Waals surface area contributed by atoms with Crippen molar-refractivity contribution in [3.05, 3.63) is 11.9 Å². The molecule has 5 nitrogen and oxygen atoms in total. The molecule has 0 amide bonds. The summed E-state index contributed by atoms with van der Waals surface area (Å²) in [4.78, 5) is 0. The molecule has 1 aromatic heterocycles. The van der Waals surface area contributed by atoms with E-state index >= 15 is 0 Å². The molecule has 1 saturated heterocycles. The van der Waals surface area contributed by atoms with Crippen LogP contribution in [0.1, 0.15) is 65.1 Å². The van der Waals surface area contributed by atoms with Crippen molar-refractivity contribution in [2.75, 3.05) is 0 Å². The summed E-state index contributed by atoms with van der Waals surface area (Å²) in [5.41, 5.74) is 1.32. The topological polar surface area (TPSA) is 56.5 Å². The van der Waals surface area contributed by atoms with Crippen molar-refractivity contribution in [1.29, 1.82) is 0 Å². The van der Waals surface area contributed by atoms with Crippen molar-refractivity contribution in [2.45, 2.75) is 83.6 Å². The van der Waals surface area contributed by atoms with Crippen molar-refractivity contribution in [3.63, 3.8) is 0 Å². The van der Waals surface area contributed by atoms with Crippen molar-refractivity contribution in [1.82, 2.24) is 9.78 Å². The molecule has 2 aliphatic rings. The average Bonchev–Trinajstić information content (AvgIpc) is 2.89. The van der Waals surface area contributed by atoms with Crippen LogP contribution < -0.4 is 5.46 Å². The first kappa shape index (κ1) is 16.0. The zero-order chi connectivity index (χ0) is 16.1. The minimum atomic E-state index is -0.354. The van der Waals surface area contributed by atoms with Gasteiger partial charge in [-0.15, -0.1) is 0 Å². The first-order valence-electron chi connectivity index (χ1n) is 8.29. The van der Waals surface area contributed by atoms with Crippen LogP contribution in [0.25, 0.3) is 0 Å². The summed E-state index contributed by atoms with van der Waals surface area (Å²) in [6.45, 7) is 10.3. The summed E-state index contributed by atoms with van der Waals surface area (Å²) < 4.78 is 14.3. The number of aliphatic hydroxyl groups is 1. The van der Waals surface area contributed by atoms with E-state index in [0.717, 1.165) is 36.8 Å². The van der Waals surface area contributed by atoms with E-state index in [0.29, 0.717) is 6.04 Å². The van der Waals surface area contributed by atoms with Gasteiger partial charge in [-0.1, -0.05) is 0 Å². The van der Waals surface area contributed by atoms with Gasteiger partial charge in [0.05, 0.1) is 29.0 Å². The summed E-state index contributed by atoms with van der Waals surface area (Å²) in [7, 11) is -0.354. The molecule has 22 heavy (non-hydrogen) atoms. The Bertz CT molecular complexity index is 532. The van der Waals surface area contributed by atoms with E-state index in [1.54, 1.807) is 0 Å². The van der Waals surface area contributed by atoms with Crippen LogP contribution in [-0.2, 0) is 9.31 Å². The molecular formula is C16H27BN2O3. The molecule has 1 aromatic rings. The van der Waals surface area contributed by atoms with Gasteiger partial charge in [0.2, 0.25) is 0 Å². The molecule has 1 aliphatic heterocycles. The molecule has 3 rings (SSSR count). The third-order valence-corrected chi connectivity index (χ3v) is 5.50. The third-order valence-electron chi connectivity index (χ3n) is 5.50. The summed E-state index contributed by atoms with van der Waals surface area (Å²) in [6, 6.07) is 0.373. The maximum atomic E-state index is 9.65. The molecule has 2 fully saturated rings. The van der Waals surface area contributed by atoms with Gasteiger partial charge in [-0.05, 0) is 60.3 Å². The van der Waals surface area contributed by atoms with E-state index in [1.165, 1.54) is 0 Å². The summed E-state index contributed by atoms with van der Waals surface area (Å²) >= 11 is 0. The van der Waals surface area contributed by atoms with E-state index in [-0.39, 0.29) is 24.4 Å². The fraction of sp³-hybridized carbons (Fsp3) is 0.812. The van der Waals surface area contributed by atoms with Crippen LogP contribution in [0.15, 0.2) is 6.20 Å². The highest BCUT2D eigenvalue weighted by molar-refractivity contribution is 6.62. The standard InChI is InChI=1S/C16H27BN2O3/c1-11-14(17-21-15(2,3)16(4,5)22-17)10-19(18-11)12-6-8-13(20)9-7-12/h10,12-13,20H,6-9H2,1-5H3/t12-,13-. The molecule has 0 aromatic carbocycles. The summed E-state index contributed by atoms with van der Waals surface area (Å²) in [6.07, 6.45) is 5.59. The molecular weight excluding hydrogens is 279 g/mol. The monoisotopic (exact) mass is 306 g/mol. The van der Waals surface area contributed by atoms with Gasteiger partial charge in [0, 0.05) is 11.7 Å². The molecule has 2 heterocycles. The highest BCUT2D eigenvalue weighted by Crippen LogP contribution is 2.37. The van der Waals surface area contributed by atoms with E-state index in [4.69, 9.17) is 9.31 Å². The molecule has 0 spiro atoms. The number of nitrogens with zero attached hydrogens (tertiary/aromatic N) is 2. The van der Waals surface area contributed by atoms with Gasteiger partial charge < -0.3 is 14.4 Å². The first-order valence-corrected chi connectivity index (χ1v) is 8.29. The van der Waals surface area contributed by atoms with Crippen LogP contribution in [0.5, 0.6) is 0 Å². The van der Waals surface area contributed by atoms with Gasteiger partial charge >= 0.3 is 7.12 Å². The molecule has 1 saturated carbocycles. The van der Waals surface area contributed by atoms with Crippen LogP contribution in [0.3, 0.4) is 0 Å². The Balaban J connectivity index is 1.79. The Hall–Kier alpha value is -0.845. The highest BCUT2D eigenvalue weighted by atomic mass is 16.7. The number of aliphatic hydroxyl groups excluding tert-OH is 1. The molecule has 0 bridgehead atoms. The lowest BCUT2D eigenvalue weighted by molar-refractivity contribution is 0.00578. The average molecular weight is 306 g/mol. The Morgan fingerprint density at radius 1 is 1.14 bits per heavy atom. The number of hydrogen-bond donors (Lipinski definition) is 1. The molecule has 1 N–H and O–H groups in total. The molecule has 122 valence electrons. The van der Waals surface area contributed by atoms with Gasteiger partial charge in [-0.3, -0.25) is 4.68 Å². The van der Waals surface area contributed by atoms with Gasteiger partial charge in [-0.2, -0.15) is 5.10 Å². The second-order valence-electron chi connectivity index (χ2n) is 7.70. The quantitative estimate of drug-likeness (QED) is 0.849. The summed E-state index contributed by atoms with van der Waals surface area (Å²) in [5, 5.41) is 14.3. The third kappa shape index (κ3) is 2.72. The molecule has 6 heteroatoms. The first-order chi connectivity index (χ1) is 10.2. The lowest BCUT2D eigenvalue weighted by Crippen LogP contribution is -2.41. The second kappa shape index (κ2) is 5.36. The molecule has 0 unspecified atom stereocenters. The highest BCUT2D eigenvalue weighted by Gasteiger charge is 2.52. The van der Waals surface area contributed by atoms with E-state index in [9.17, 15) is 5.11 Å². The Morgan fingerprint density at radius 3 is 2.23 bits per heavy atom. The van der Waals surface area contributed by atoms with Gasteiger partial charge in [-0.25, -0.2) is 0 Å². The largest absolute Gasteiger partial charge is 0.498 e. The predicted molar refractivity (Wildman–Crippen MR) is 86.2 cm³/mol. The normalized spacial score (nSPS) is 30.7. The summed E-state index contributed by atoms with van der Waals surface area (Å²) in [5.74, 6) is 0. The van der Waals surface area contributed by atoms with Crippen molar-refractivity contribution >= 4 is 12.6 Å². The fourth-order valence-corrected chi connectivity index (χ4v) is 3.21. The lowest BCUT2D eigenvalue weighted by Gasteiger charge is -2.32. The Labute approximate surface area is 133 Å². The Morgan fingerprint density at radius 2 is 1.68 bits per heavy atom. The molecule has 1 aliphatic carbocycles. The van der Waals surface area contributed by atoms with Crippen LogP contribution in [0, 0.1) is 6.92 Å². The number of aromatic nitrogens is 2. The van der Waals surface area contributed by atoms with Crippen molar-refractivity contribution in [2.24, 2.45) is 0 Å². The van der Waals surface area contributed by atoms with Crippen LogP contribution in [-0.4, -0.2) is 39.3 Å². The van der Waals surface area contributed by atoms with Crippen LogP contribution in [0.4, 0.5) is 0 Å². The van der Waals surface area contributed by atoms with Gasteiger partial charge in [0.25, 0.3) is 0 Å².